The third-order valence-electron chi connectivity index (χ3n) is 7.18. The Morgan fingerprint density at radius 2 is 1.73 bits per heavy atom. The van der Waals surface area contributed by atoms with E-state index in [4.69, 9.17) is 0 Å². The molecule has 40 heavy (non-hydrogen) atoms. The minimum atomic E-state index is -0.505. The summed E-state index contributed by atoms with van der Waals surface area (Å²) < 4.78 is 1.86. The first-order valence-corrected chi connectivity index (χ1v) is 13.8. The fraction of sp³-hybridized carbons (Fsp3) is 0.241. The number of nitrogens with zero attached hydrogens (tertiary/aromatic N) is 5. The summed E-state index contributed by atoms with van der Waals surface area (Å²) in [6.45, 7) is 6.25. The van der Waals surface area contributed by atoms with Gasteiger partial charge in [0, 0.05) is 29.4 Å². The number of fused-ring (bicyclic) bond motifs is 1. The number of nitro benzene ring substituents is 1. The van der Waals surface area contributed by atoms with Crippen molar-refractivity contribution < 1.29 is 14.5 Å². The number of anilines is 1. The molecule has 1 aromatic heterocycles. The van der Waals surface area contributed by atoms with E-state index in [1.54, 1.807) is 13.0 Å². The van der Waals surface area contributed by atoms with Gasteiger partial charge < -0.3 is 10.2 Å². The summed E-state index contributed by atoms with van der Waals surface area (Å²) in [5.74, 6) is 0.193. The SMILES string of the molecule is Cc1cccc(-n2c(CNC(=O)c3cccc([N+](=O)[O-])c3C)nnc2SCC(=O)N2CCc3ccccc32)c1C. The Morgan fingerprint density at radius 3 is 2.52 bits per heavy atom. The van der Waals surface area contributed by atoms with Crippen molar-refractivity contribution in [2.75, 3.05) is 17.2 Å². The molecule has 3 aromatic carbocycles. The molecule has 4 aromatic rings. The number of benzene rings is 3. The number of aromatic nitrogens is 3. The molecule has 0 fully saturated rings. The fourth-order valence-electron chi connectivity index (χ4n) is 4.85. The molecule has 0 unspecified atom stereocenters. The zero-order chi connectivity index (χ0) is 28.4. The molecule has 0 saturated carbocycles. The summed E-state index contributed by atoms with van der Waals surface area (Å²) in [5.41, 5.74) is 5.45. The Balaban J connectivity index is 1.39. The predicted octanol–water partition coefficient (Wildman–Crippen LogP) is 4.71. The van der Waals surface area contributed by atoms with Crippen LogP contribution in [0.3, 0.4) is 0 Å². The highest BCUT2D eigenvalue weighted by Gasteiger charge is 2.26. The van der Waals surface area contributed by atoms with E-state index in [0.717, 1.165) is 34.5 Å². The van der Waals surface area contributed by atoms with Crippen LogP contribution in [0.1, 0.15) is 38.4 Å². The number of aryl methyl sites for hydroxylation is 1. The van der Waals surface area contributed by atoms with Crippen LogP contribution >= 0.6 is 11.8 Å². The summed E-state index contributed by atoms with van der Waals surface area (Å²) in [6.07, 6.45) is 0.832. The summed E-state index contributed by atoms with van der Waals surface area (Å²) >= 11 is 1.30. The van der Waals surface area contributed by atoms with E-state index in [0.29, 0.717) is 23.1 Å². The van der Waals surface area contributed by atoms with Gasteiger partial charge in [-0.25, -0.2) is 0 Å². The van der Waals surface area contributed by atoms with Gasteiger partial charge in [-0.3, -0.25) is 24.3 Å². The molecule has 5 rings (SSSR count). The molecule has 0 radical (unpaired) electrons. The third kappa shape index (κ3) is 5.20. The van der Waals surface area contributed by atoms with Gasteiger partial charge in [0.15, 0.2) is 11.0 Å². The van der Waals surface area contributed by atoms with Crippen LogP contribution in [-0.4, -0.2) is 43.8 Å². The second kappa shape index (κ2) is 11.3. The maximum atomic E-state index is 13.2. The average molecular weight is 557 g/mol. The molecule has 0 spiro atoms. The van der Waals surface area contributed by atoms with Crippen molar-refractivity contribution in [3.8, 4) is 5.69 Å². The van der Waals surface area contributed by atoms with Crippen LogP contribution in [0.5, 0.6) is 0 Å². The van der Waals surface area contributed by atoms with Gasteiger partial charge in [0.1, 0.15) is 0 Å². The van der Waals surface area contributed by atoms with Crippen LogP contribution in [0.4, 0.5) is 11.4 Å². The standard InChI is InChI=1S/C29H28N6O4S/c1-18-8-6-12-23(19(18)2)34-26(16-30-28(37)22-10-7-13-24(20(22)3)35(38)39)31-32-29(34)40-17-27(36)33-15-14-21-9-4-5-11-25(21)33/h4-13H,14-17H2,1-3H3,(H,30,37). The highest BCUT2D eigenvalue weighted by atomic mass is 32.2. The summed E-state index contributed by atoms with van der Waals surface area (Å²) in [6, 6.07) is 18.2. The number of thioether (sulfide) groups is 1. The number of nitrogens with one attached hydrogen (secondary N) is 1. The number of carbonyl (C=O) groups is 2. The maximum Gasteiger partial charge on any atom is 0.273 e. The number of nitro groups is 1. The van der Waals surface area contributed by atoms with Crippen molar-refractivity contribution in [2.24, 2.45) is 0 Å². The number of amides is 2. The quantitative estimate of drug-likeness (QED) is 0.189. The van der Waals surface area contributed by atoms with Crippen molar-refractivity contribution in [2.45, 2.75) is 38.9 Å². The molecule has 0 aliphatic carbocycles. The van der Waals surface area contributed by atoms with Gasteiger partial charge in [-0.05, 0) is 62.1 Å². The first-order chi connectivity index (χ1) is 19.3. The van der Waals surface area contributed by atoms with Crippen LogP contribution in [0.25, 0.3) is 5.69 Å². The monoisotopic (exact) mass is 556 g/mol. The van der Waals surface area contributed by atoms with E-state index >= 15 is 0 Å². The van der Waals surface area contributed by atoms with Crippen molar-refractivity contribution >= 4 is 35.0 Å². The van der Waals surface area contributed by atoms with E-state index in [2.05, 4.69) is 15.5 Å². The molecular weight excluding hydrogens is 528 g/mol. The first kappa shape index (κ1) is 27.1. The molecular formula is C29H28N6O4S. The number of hydrogen-bond acceptors (Lipinski definition) is 7. The summed E-state index contributed by atoms with van der Waals surface area (Å²) in [4.78, 5) is 38.8. The number of rotatable bonds is 8. The molecule has 1 N–H and O–H groups in total. The van der Waals surface area contributed by atoms with Gasteiger partial charge in [0.25, 0.3) is 11.6 Å². The molecule has 0 bridgehead atoms. The molecule has 11 heteroatoms. The molecule has 0 atom stereocenters. The van der Waals surface area contributed by atoms with Gasteiger partial charge in [-0.15, -0.1) is 10.2 Å². The zero-order valence-corrected chi connectivity index (χ0v) is 23.2. The lowest BCUT2D eigenvalue weighted by molar-refractivity contribution is -0.385. The second-order valence-electron chi connectivity index (χ2n) is 9.56. The predicted molar refractivity (Wildman–Crippen MR) is 153 cm³/mol. The smallest absolute Gasteiger partial charge is 0.273 e. The van der Waals surface area contributed by atoms with E-state index in [1.807, 2.05) is 65.8 Å². The van der Waals surface area contributed by atoms with Gasteiger partial charge in [0.2, 0.25) is 5.91 Å². The second-order valence-corrected chi connectivity index (χ2v) is 10.5. The molecule has 1 aliphatic heterocycles. The Morgan fingerprint density at radius 1 is 0.975 bits per heavy atom. The molecule has 2 amide bonds. The largest absolute Gasteiger partial charge is 0.345 e. The van der Waals surface area contributed by atoms with E-state index in [-0.39, 0.29) is 29.5 Å². The molecule has 1 aliphatic rings. The van der Waals surface area contributed by atoms with Gasteiger partial charge in [0.05, 0.1) is 22.9 Å². The first-order valence-electron chi connectivity index (χ1n) is 12.8. The summed E-state index contributed by atoms with van der Waals surface area (Å²) in [7, 11) is 0. The van der Waals surface area contributed by atoms with Crippen molar-refractivity contribution in [3.63, 3.8) is 0 Å². The average Bonchev–Trinajstić information content (AvgIpc) is 3.56. The van der Waals surface area contributed by atoms with E-state index in [9.17, 15) is 19.7 Å². The maximum absolute atomic E-state index is 13.2. The van der Waals surface area contributed by atoms with Gasteiger partial charge >= 0.3 is 0 Å². The third-order valence-corrected chi connectivity index (χ3v) is 8.10. The zero-order valence-electron chi connectivity index (χ0n) is 22.4. The lowest BCUT2D eigenvalue weighted by Gasteiger charge is -2.18. The Labute approximate surface area is 235 Å². The minimum absolute atomic E-state index is 0.0125. The Bertz CT molecular complexity index is 1630. The van der Waals surface area contributed by atoms with Crippen molar-refractivity contribution in [3.05, 3.63) is 104 Å². The topological polar surface area (TPSA) is 123 Å². The van der Waals surface area contributed by atoms with Crippen LogP contribution < -0.4 is 10.2 Å². The highest BCUT2D eigenvalue weighted by Crippen LogP contribution is 2.30. The molecule has 0 saturated heterocycles. The summed E-state index contributed by atoms with van der Waals surface area (Å²) in [5, 5.41) is 23.4. The van der Waals surface area contributed by atoms with Crippen LogP contribution in [0.15, 0.2) is 65.8 Å². The fourth-order valence-corrected chi connectivity index (χ4v) is 5.69. The van der Waals surface area contributed by atoms with Gasteiger partial charge in [-0.2, -0.15) is 0 Å². The normalized spacial score (nSPS) is 12.3. The minimum Gasteiger partial charge on any atom is -0.345 e. The number of hydrogen-bond donors (Lipinski definition) is 1. The van der Waals surface area contributed by atoms with Gasteiger partial charge in [-0.1, -0.05) is 48.2 Å². The molecule has 204 valence electrons. The molecule has 2 heterocycles. The Hall–Kier alpha value is -4.51. The van der Waals surface area contributed by atoms with Crippen LogP contribution in [-0.2, 0) is 17.8 Å². The van der Waals surface area contributed by atoms with Crippen LogP contribution in [0, 0.1) is 30.9 Å². The van der Waals surface area contributed by atoms with Crippen LogP contribution in [0.2, 0.25) is 0 Å². The number of para-hydroxylation sites is 1. The highest BCUT2D eigenvalue weighted by molar-refractivity contribution is 7.99. The lowest BCUT2D eigenvalue weighted by atomic mass is 10.1. The van der Waals surface area contributed by atoms with E-state index in [1.165, 1.54) is 23.9 Å². The van der Waals surface area contributed by atoms with E-state index < -0.39 is 10.8 Å². The Kier molecular flexibility index (Phi) is 7.65. The van der Waals surface area contributed by atoms with Crippen molar-refractivity contribution in [1.29, 1.82) is 0 Å². The molecule has 10 nitrogen and oxygen atoms in total. The lowest BCUT2D eigenvalue weighted by Crippen LogP contribution is -2.30. The number of carbonyl (C=O) groups excluding carboxylic acids is 2. The van der Waals surface area contributed by atoms with Crippen molar-refractivity contribution in [1.82, 2.24) is 20.1 Å².